The highest BCUT2D eigenvalue weighted by Crippen LogP contribution is 2.36. The molecule has 1 aliphatic heterocycles. The largest absolute Gasteiger partial charge is 0.486 e. The standard InChI is InChI=1S/C18H17FO2/c1-18(10-9-13-5-3-2-4-6-13)12-16(20)15-11-14(19)7-8-17(15)21-18/h2-8,11H,9-10,12H2,1H3. The van der Waals surface area contributed by atoms with E-state index in [4.69, 9.17) is 4.74 Å². The van der Waals surface area contributed by atoms with Gasteiger partial charge in [0.05, 0.1) is 12.0 Å². The molecule has 0 spiro atoms. The van der Waals surface area contributed by atoms with Gasteiger partial charge in [0.1, 0.15) is 17.2 Å². The third-order valence-electron chi connectivity index (χ3n) is 3.92. The van der Waals surface area contributed by atoms with Gasteiger partial charge in [-0.05, 0) is 43.5 Å². The van der Waals surface area contributed by atoms with Crippen molar-refractivity contribution in [2.75, 3.05) is 0 Å². The van der Waals surface area contributed by atoms with E-state index in [-0.39, 0.29) is 12.2 Å². The second-order valence-corrected chi connectivity index (χ2v) is 5.78. The van der Waals surface area contributed by atoms with Gasteiger partial charge in [-0.2, -0.15) is 0 Å². The van der Waals surface area contributed by atoms with Gasteiger partial charge in [0.15, 0.2) is 5.78 Å². The van der Waals surface area contributed by atoms with Gasteiger partial charge in [-0.25, -0.2) is 4.39 Å². The van der Waals surface area contributed by atoms with Gasteiger partial charge in [0, 0.05) is 0 Å². The molecule has 0 saturated heterocycles. The molecule has 3 rings (SSSR count). The Labute approximate surface area is 123 Å². The number of ether oxygens (including phenoxy) is 1. The number of fused-ring (bicyclic) bond motifs is 1. The van der Waals surface area contributed by atoms with Gasteiger partial charge in [-0.3, -0.25) is 4.79 Å². The van der Waals surface area contributed by atoms with E-state index in [1.165, 1.54) is 17.7 Å². The van der Waals surface area contributed by atoms with Crippen molar-refractivity contribution >= 4 is 5.78 Å². The maximum atomic E-state index is 13.2. The Morgan fingerprint density at radius 3 is 2.71 bits per heavy atom. The predicted octanol–water partition coefficient (Wildman–Crippen LogP) is 4.18. The number of halogens is 1. The molecule has 0 bridgehead atoms. The molecule has 2 aromatic rings. The molecule has 0 aliphatic carbocycles. The van der Waals surface area contributed by atoms with Crippen LogP contribution in [0.5, 0.6) is 5.75 Å². The van der Waals surface area contributed by atoms with Crippen LogP contribution in [0, 0.1) is 5.82 Å². The number of carbonyl (C=O) groups excluding carboxylic acids is 1. The van der Waals surface area contributed by atoms with Crippen molar-refractivity contribution in [2.24, 2.45) is 0 Å². The van der Waals surface area contributed by atoms with E-state index in [1.807, 2.05) is 25.1 Å². The Bertz CT molecular complexity index is 666. The molecule has 0 aromatic heterocycles. The van der Waals surface area contributed by atoms with Crippen LogP contribution in [-0.2, 0) is 6.42 Å². The van der Waals surface area contributed by atoms with Crippen LogP contribution in [0.4, 0.5) is 4.39 Å². The summed E-state index contributed by atoms with van der Waals surface area (Å²) >= 11 is 0. The van der Waals surface area contributed by atoms with Crippen LogP contribution in [0.1, 0.15) is 35.7 Å². The summed E-state index contributed by atoms with van der Waals surface area (Å²) in [5.41, 5.74) is 1.05. The van der Waals surface area contributed by atoms with Gasteiger partial charge < -0.3 is 4.74 Å². The lowest BCUT2D eigenvalue weighted by Gasteiger charge is -2.35. The first-order chi connectivity index (χ1) is 10.1. The summed E-state index contributed by atoms with van der Waals surface area (Å²) in [6.45, 7) is 1.94. The molecule has 108 valence electrons. The first kappa shape index (κ1) is 13.8. The smallest absolute Gasteiger partial charge is 0.170 e. The van der Waals surface area contributed by atoms with Crippen molar-refractivity contribution in [2.45, 2.75) is 31.8 Å². The van der Waals surface area contributed by atoms with E-state index in [2.05, 4.69) is 12.1 Å². The van der Waals surface area contributed by atoms with Crippen LogP contribution in [0.25, 0.3) is 0 Å². The first-order valence-electron chi connectivity index (χ1n) is 7.11. The third-order valence-corrected chi connectivity index (χ3v) is 3.92. The highest BCUT2D eigenvalue weighted by atomic mass is 19.1. The average Bonchev–Trinajstić information content (AvgIpc) is 2.47. The van der Waals surface area contributed by atoms with Crippen molar-refractivity contribution in [3.05, 3.63) is 65.5 Å². The van der Waals surface area contributed by atoms with Crippen molar-refractivity contribution in [1.82, 2.24) is 0 Å². The normalized spacial score (nSPS) is 20.8. The number of aryl methyl sites for hydroxylation is 1. The Balaban J connectivity index is 1.77. The zero-order chi connectivity index (χ0) is 14.9. The van der Waals surface area contributed by atoms with Crippen LogP contribution >= 0.6 is 0 Å². The summed E-state index contributed by atoms with van der Waals surface area (Å²) in [4.78, 5) is 12.2. The summed E-state index contributed by atoms with van der Waals surface area (Å²) in [5, 5.41) is 0. The molecule has 2 nitrogen and oxygen atoms in total. The molecule has 0 saturated carbocycles. The summed E-state index contributed by atoms with van der Waals surface area (Å²) in [5.74, 6) is 0.0353. The second-order valence-electron chi connectivity index (χ2n) is 5.78. The fourth-order valence-electron chi connectivity index (χ4n) is 2.74. The maximum absolute atomic E-state index is 13.2. The van der Waals surface area contributed by atoms with Gasteiger partial charge in [-0.1, -0.05) is 30.3 Å². The van der Waals surface area contributed by atoms with Crippen molar-refractivity contribution in [3.63, 3.8) is 0 Å². The Morgan fingerprint density at radius 2 is 1.95 bits per heavy atom. The van der Waals surface area contributed by atoms with E-state index in [0.29, 0.717) is 11.3 Å². The minimum absolute atomic E-state index is 0.0497. The van der Waals surface area contributed by atoms with Crippen LogP contribution in [-0.4, -0.2) is 11.4 Å². The highest BCUT2D eigenvalue weighted by Gasteiger charge is 2.36. The number of rotatable bonds is 3. The van der Waals surface area contributed by atoms with Crippen LogP contribution in [0.15, 0.2) is 48.5 Å². The average molecular weight is 284 g/mol. The Morgan fingerprint density at radius 1 is 1.19 bits per heavy atom. The fourth-order valence-corrected chi connectivity index (χ4v) is 2.74. The van der Waals surface area contributed by atoms with Crippen molar-refractivity contribution in [3.8, 4) is 5.75 Å². The van der Waals surface area contributed by atoms with E-state index in [1.54, 1.807) is 6.07 Å². The summed E-state index contributed by atoms with van der Waals surface area (Å²) in [6, 6.07) is 14.3. The molecular weight excluding hydrogens is 267 g/mol. The molecule has 1 heterocycles. The van der Waals surface area contributed by atoms with Crippen molar-refractivity contribution in [1.29, 1.82) is 0 Å². The van der Waals surface area contributed by atoms with E-state index in [0.717, 1.165) is 12.8 Å². The predicted molar refractivity (Wildman–Crippen MR) is 79.1 cm³/mol. The van der Waals surface area contributed by atoms with E-state index >= 15 is 0 Å². The number of benzene rings is 2. The van der Waals surface area contributed by atoms with Crippen molar-refractivity contribution < 1.29 is 13.9 Å². The van der Waals surface area contributed by atoms with Gasteiger partial charge in [0.25, 0.3) is 0 Å². The number of ketones is 1. The van der Waals surface area contributed by atoms with Gasteiger partial charge >= 0.3 is 0 Å². The first-order valence-corrected chi connectivity index (χ1v) is 7.11. The molecule has 21 heavy (non-hydrogen) atoms. The summed E-state index contributed by atoms with van der Waals surface area (Å²) < 4.78 is 19.2. The molecule has 1 unspecified atom stereocenters. The van der Waals surface area contributed by atoms with Crippen LogP contribution in [0.2, 0.25) is 0 Å². The summed E-state index contributed by atoms with van der Waals surface area (Å²) in [6.07, 6.45) is 1.89. The molecular formula is C18H17FO2. The topological polar surface area (TPSA) is 26.3 Å². The fraction of sp³-hybridized carbons (Fsp3) is 0.278. The quantitative estimate of drug-likeness (QED) is 0.845. The number of hydrogen-bond donors (Lipinski definition) is 0. The molecule has 0 amide bonds. The van der Waals surface area contributed by atoms with Crippen LogP contribution < -0.4 is 4.74 Å². The van der Waals surface area contributed by atoms with Gasteiger partial charge in [-0.15, -0.1) is 0 Å². The molecule has 1 aliphatic rings. The highest BCUT2D eigenvalue weighted by molar-refractivity contribution is 6.00. The number of carbonyl (C=O) groups is 1. The third kappa shape index (κ3) is 2.97. The van der Waals surface area contributed by atoms with E-state index < -0.39 is 11.4 Å². The zero-order valence-corrected chi connectivity index (χ0v) is 11.9. The summed E-state index contributed by atoms with van der Waals surface area (Å²) in [7, 11) is 0. The lowest BCUT2D eigenvalue weighted by atomic mass is 9.87. The zero-order valence-electron chi connectivity index (χ0n) is 11.9. The maximum Gasteiger partial charge on any atom is 0.170 e. The minimum Gasteiger partial charge on any atom is -0.486 e. The lowest BCUT2D eigenvalue weighted by molar-refractivity contribution is 0.0470. The van der Waals surface area contributed by atoms with Crippen LogP contribution in [0.3, 0.4) is 0 Å². The molecule has 0 fully saturated rings. The molecule has 0 radical (unpaired) electrons. The monoisotopic (exact) mass is 284 g/mol. The molecule has 3 heteroatoms. The SMILES string of the molecule is CC1(CCc2ccccc2)CC(=O)c2cc(F)ccc2O1. The lowest BCUT2D eigenvalue weighted by Crippen LogP contribution is -2.39. The second kappa shape index (κ2) is 5.32. The number of hydrogen-bond acceptors (Lipinski definition) is 2. The Hall–Kier alpha value is -2.16. The molecule has 2 aromatic carbocycles. The minimum atomic E-state index is -0.530. The molecule has 0 N–H and O–H groups in total. The Kier molecular flexibility index (Phi) is 3.50. The molecule has 1 atom stereocenters. The number of Topliss-reactive ketones (excluding diaryl/α,β-unsaturated/α-hetero) is 1. The van der Waals surface area contributed by atoms with E-state index in [9.17, 15) is 9.18 Å². The van der Waals surface area contributed by atoms with Gasteiger partial charge in [0.2, 0.25) is 0 Å².